The van der Waals surface area contributed by atoms with Gasteiger partial charge in [0.05, 0.1) is 0 Å². The van der Waals surface area contributed by atoms with E-state index in [1.54, 1.807) is 12.1 Å². The van der Waals surface area contributed by atoms with Crippen LogP contribution >= 0.6 is 0 Å². The number of hydrogen-bond donors (Lipinski definition) is 1. The molecule has 1 aliphatic heterocycles. The molecule has 0 spiro atoms. The Kier molecular flexibility index (Phi) is 2.80. The van der Waals surface area contributed by atoms with Gasteiger partial charge in [-0.3, -0.25) is 0 Å². The summed E-state index contributed by atoms with van der Waals surface area (Å²) in [4.78, 5) is 11.2. The minimum absolute atomic E-state index is 0.207. The number of para-hydroxylation sites is 1. The van der Waals surface area contributed by atoms with Crippen molar-refractivity contribution in [1.82, 2.24) is 0 Å². The van der Waals surface area contributed by atoms with E-state index in [9.17, 15) is 9.90 Å². The van der Waals surface area contributed by atoms with Crippen molar-refractivity contribution in [2.45, 2.75) is 6.42 Å². The zero-order valence-electron chi connectivity index (χ0n) is 10.2. The van der Waals surface area contributed by atoms with E-state index in [0.717, 1.165) is 11.1 Å². The fourth-order valence-electron chi connectivity index (χ4n) is 2.17. The number of carboxylic acids is 1. The third-order valence-electron chi connectivity index (χ3n) is 3.10. The Morgan fingerprint density at radius 1 is 1.05 bits per heavy atom. The number of hydrogen-bond acceptors (Lipinski definition) is 2. The zero-order chi connectivity index (χ0) is 13.2. The van der Waals surface area contributed by atoms with E-state index in [1.807, 2.05) is 42.5 Å². The Hall–Kier alpha value is -2.55. The van der Waals surface area contributed by atoms with Crippen molar-refractivity contribution in [3.8, 4) is 5.75 Å². The highest BCUT2D eigenvalue weighted by Gasteiger charge is 2.20. The van der Waals surface area contributed by atoms with Gasteiger partial charge in [-0.1, -0.05) is 42.5 Å². The van der Waals surface area contributed by atoms with Crippen LogP contribution in [0.1, 0.15) is 21.5 Å². The second-order valence-electron chi connectivity index (χ2n) is 4.34. The number of allylic oxidation sites excluding steroid dienone is 1. The van der Waals surface area contributed by atoms with Crippen molar-refractivity contribution < 1.29 is 14.6 Å². The summed E-state index contributed by atoms with van der Waals surface area (Å²) in [7, 11) is 0. The third kappa shape index (κ3) is 2.10. The predicted octanol–water partition coefficient (Wildman–Crippen LogP) is 3.36. The van der Waals surface area contributed by atoms with Gasteiger partial charge in [0, 0.05) is 5.56 Å². The molecule has 0 atom stereocenters. The molecular weight excluding hydrogens is 240 g/mol. The first-order chi connectivity index (χ1) is 9.25. The average molecular weight is 252 g/mol. The highest BCUT2D eigenvalue weighted by molar-refractivity contribution is 5.92. The van der Waals surface area contributed by atoms with Gasteiger partial charge >= 0.3 is 5.97 Å². The Morgan fingerprint density at radius 2 is 1.84 bits per heavy atom. The van der Waals surface area contributed by atoms with Gasteiger partial charge in [-0.25, -0.2) is 4.79 Å². The largest absolute Gasteiger partial charge is 0.478 e. The van der Waals surface area contributed by atoms with E-state index in [4.69, 9.17) is 4.74 Å². The summed E-state index contributed by atoms with van der Waals surface area (Å²) in [6, 6.07) is 14.9. The number of fused-ring (bicyclic) bond motifs is 1. The number of aromatic carboxylic acids is 1. The minimum atomic E-state index is -0.967. The second-order valence-corrected chi connectivity index (χ2v) is 4.34. The van der Waals surface area contributed by atoms with E-state index in [0.29, 0.717) is 17.9 Å². The first-order valence-corrected chi connectivity index (χ1v) is 6.04. The van der Waals surface area contributed by atoms with Crippen LogP contribution in [0, 0.1) is 0 Å². The van der Waals surface area contributed by atoms with Crippen LogP contribution in [0.25, 0.3) is 5.76 Å². The second kappa shape index (κ2) is 4.61. The van der Waals surface area contributed by atoms with Crippen LogP contribution in [0.15, 0.2) is 54.6 Å². The van der Waals surface area contributed by atoms with Crippen molar-refractivity contribution in [3.05, 3.63) is 71.3 Å². The predicted molar refractivity (Wildman–Crippen MR) is 72.2 cm³/mol. The topological polar surface area (TPSA) is 46.5 Å². The molecule has 0 radical (unpaired) electrons. The molecule has 0 aliphatic carbocycles. The summed E-state index contributed by atoms with van der Waals surface area (Å²) < 4.78 is 5.79. The van der Waals surface area contributed by atoms with Crippen LogP contribution < -0.4 is 4.74 Å². The number of carbonyl (C=O) groups is 1. The molecule has 0 unspecified atom stereocenters. The molecule has 0 aromatic heterocycles. The molecular formula is C16H12O3. The highest BCUT2D eigenvalue weighted by Crippen LogP contribution is 2.33. The Balaban J connectivity index is 2.02. The normalized spacial score (nSPS) is 13.2. The van der Waals surface area contributed by atoms with Crippen LogP contribution in [0.4, 0.5) is 0 Å². The fourth-order valence-corrected chi connectivity index (χ4v) is 2.17. The van der Waals surface area contributed by atoms with Crippen molar-refractivity contribution in [2.75, 3.05) is 0 Å². The van der Waals surface area contributed by atoms with E-state index >= 15 is 0 Å². The summed E-state index contributed by atoms with van der Waals surface area (Å²) >= 11 is 0. The highest BCUT2D eigenvalue weighted by atomic mass is 16.5. The molecule has 3 nitrogen and oxygen atoms in total. The van der Waals surface area contributed by atoms with Crippen molar-refractivity contribution in [3.63, 3.8) is 0 Å². The fraction of sp³-hybridized carbons (Fsp3) is 0.0625. The number of rotatable bonds is 2. The molecule has 2 aromatic rings. The van der Waals surface area contributed by atoms with Gasteiger partial charge < -0.3 is 9.84 Å². The van der Waals surface area contributed by atoms with Crippen molar-refractivity contribution in [2.24, 2.45) is 0 Å². The zero-order valence-corrected chi connectivity index (χ0v) is 10.2. The smallest absolute Gasteiger partial charge is 0.339 e. The summed E-state index contributed by atoms with van der Waals surface area (Å²) in [6.07, 6.45) is 2.66. The Morgan fingerprint density at radius 3 is 2.58 bits per heavy atom. The lowest BCUT2D eigenvalue weighted by atomic mass is 10.0. The molecule has 0 saturated heterocycles. The third-order valence-corrected chi connectivity index (χ3v) is 3.10. The SMILES string of the molecule is O=C(O)c1cccc2c1OC(c1ccccc1)=CC2. The van der Waals surface area contributed by atoms with Crippen molar-refractivity contribution in [1.29, 1.82) is 0 Å². The number of benzene rings is 2. The summed E-state index contributed by atoms with van der Waals surface area (Å²) in [5, 5.41) is 9.20. The monoisotopic (exact) mass is 252 g/mol. The van der Waals surface area contributed by atoms with Gasteiger partial charge in [0.15, 0.2) is 0 Å². The molecule has 3 heteroatoms. The quantitative estimate of drug-likeness (QED) is 0.891. The van der Waals surface area contributed by atoms with E-state index in [-0.39, 0.29) is 5.56 Å². The van der Waals surface area contributed by atoms with Crippen LogP contribution in [-0.2, 0) is 6.42 Å². The Labute approximate surface area is 110 Å². The maximum absolute atomic E-state index is 11.2. The molecule has 3 rings (SSSR count). The minimum Gasteiger partial charge on any atom is -0.478 e. The number of ether oxygens (including phenoxy) is 1. The maximum atomic E-state index is 11.2. The van der Waals surface area contributed by atoms with E-state index in [1.165, 1.54) is 0 Å². The standard InChI is InChI=1S/C16H12O3/c17-16(18)13-8-4-7-12-9-10-14(19-15(12)13)11-5-2-1-3-6-11/h1-8,10H,9H2,(H,17,18). The Bertz CT molecular complexity index is 657. The first kappa shape index (κ1) is 11.5. The van der Waals surface area contributed by atoms with E-state index < -0.39 is 5.97 Å². The lowest BCUT2D eigenvalue weighted by Gasteiger charge is -2.20. The number of carboxylic acid groups (broad SMARTS) is 1. The lowest BCUT2D eigenvalue weighted by Crippen LogP contribution is -2.09. The molecule has 1 heterocycles. The summed E-state index contributed by atoms with van der Waals surface area (Å²) in [5.74, 6) is 0.198. The molecule has 94 valence electrons. The van der Waals surface area contributed by atoms with Crippen LogP contribution in [0.2, 0.25) is 0 Å². The van der Waals surface area contributed by atoms with Crippen molar-refractivity contribution >= 4 is 11.7 Å². The molecule has 19 heavy (non-hydrogen) atoms. The summed E-state index contributed by atoms with van der Waals surface area (Å²) in [6.45, 7) is 0. The van der Waals surface area contributed by atoms with Gasteiger partial charge in [-0.15, -0.1) is 0 Å². The molecule has 0 fully saturated rings. The van der Waals surface area contributed by atoms with Crippen LogP contribution in [0.3, 0.4) is 0 Å². The molecule has 0 amide bonds. The molecule has 0 bridgehead atoms. The molecule has 1 N–H and O–H groups in total. The van der Waals surface area contributed by atoms with E-state index in [2.05, 4.69) is 0 Å². The summed E-state index contributed by atoms with van der Waals surface area (Å²) in [5.41, 5.74) is 2.06. The van der Waals surface area contributed by atoms with Gasteiger partial charge in [0.1, 0.15) is 17.1 Å². The van der Waals surface area contributed by atoms with Crippen LogP contribution in [-0.4, -0.2) is 11.1 Å². The molecule has 2 aromatic carbocycles. The van der Waals surface area contributed by atoms with Gasteiger partial charge in [-0.2, -0.15) is 0 Å². The average Bonchev–Trinajstić information content (AvgIpc) is 2.47. The van der Waals surface area contributed by atoms with Gasteiger partial charge in [0.2, 0.25) is 0 Å². The molecule has 1 aliphatic rings. The maximum Gasteiger partial charge on any atom is 0.339 e. The van der Waals surface area contributed by atoms with Crippen LogP contribution in [0.5, 0.6) is 5.75 Å². The first-order valence-electron chi connectivity index (χ1n) is 6.04. The van der Waals surface area contributed by atoms with Gasteiger partial charge in [0.25, 0.3) is 0 Å². The lowest BCUT2D eigenvalue weighted by molar-refractivity contribution is 0.0694. The molecule has 0 saturated carbocycles. The van der Waals surface area contributed by atoms with Gasteiger partial charge in [-0.05, 0) is 24.1 Å².